The van der Waals surface area contributed by atoms with Crippen molar-refractivity contribution >= 4 is 22.8 Å². The number of carbonyl (C=O) groups excluding carboxylic acids is 1. The third kappa shape index (κ3) is 2.87. The Balaban J connectivity index is 1.57. The highest BCUT2D eigenvalue weighted by molar-refractivity contribution is 6.02. The van der Waals surface area contributed by atoms with Crippen LogP contribution in [0, 0.1) is 13.8 Å². The fourth-order valence-electron chi connectivity index (χ4n) is 2.58. The van der Waals surface area contributed by atoms with Crippen LogP contribution in [0.4, 0.5) is 6.01 Å². The van der Waals surface area contributed by atoms with E-state index in [1.54, 1.807) is 12.1 Å². The number of nitrogens with zero attached hydrogens (tertiary/aromatic N) is 3. The number of furan rings is 1. The monoisotopic (exact) mass is 334 g/mol. The van der Waals surface area contributed by atoms with E-state index in [0.717, 1.165) is 16.7 Å². The maximum atomic E-state index is 12.4. The van der Waals surface area contributed by atoms with Crippen LogP contribution in [-0.2, 0) is 0 Å². The van der Waals surface area contributed by atoms with E-state index < -0.39 is 5.91 Å². The average Bonchev–Trinajstić information content (AvgIpc) is 3.20. The first-order chi connectivity index (χ1) is 12.1. The van der Waals surface area contributed by atoms with Gasteiger partial charge in [0.1, 0.15) is 17.2 Å². The standard InChI is InChI=1S/C18H14N4O3/c1-10-9-13(11(2)24-10)17-21-22-18(25-17)20-16(23)15-8-7-12-5-3-4-6-14(12)19-15/h3-9H,1-2H3,(H,20,22,23). The highest BCUT2D eigenvalue weighted by atomic mass is 16.4. The van der Waals surface area contributed by atoms with E-state index in [9.17, 15) is 4.79 Å². The molecule has 1 aromatic carbocycles. The maximum absolute atomic E-state index is 12.4. The van der Waals surface area contributed by atoms with Crippen LogP contribution >= 0.6 is 0 Å². The molecule has 1 N–H and O–H groups in total. The zero-order valence-electron chi connectivity index (χ0n) is 13.6. The average molecular weight is 334 g/mol. The van der Waals surface area contributed by atoms with Crippen LogP contribution in [0.2, 0.25) is 0 Å². The fraction of sp³-hybridized carbons (Fsp3) is 0.111. The van der Waals surface area contributed by atoms with Gasteiger partial charge in [-0.3, -0.25) is 10.1 Å². The van der Waals surface area contributed by atoms with E-state index in [1.807, 2.05) is 44.2 Å². The molecule has 0 fully saturated rings. The first-order valence-corrected chi connectivity index (χ1v) is 7.68. The van der Waals surface area contributed by atoms with Crippen LogP contribution in [0.1, 0.15) is 22.0 Å². The van der Waals surface area contributed by atoms with Crippen LogP contribution in [-0.4, -0.2) is 21.1 Å². The number of hydrogen-bond acceptors (Lipinski definition) is 6. The van der Waals surface area contributed by atoms with Gasteiger partial charge in [0.2, 0.25) is 0 Å². The largest absolute Gasteiger partial charge is 0.466 e. The molecule has 0 radical (unpaired) electrons. The molecule has 0 bridgehead atoms. The van der Waals surface area contributed by atoms with Gasteiger partial charge in [-0.25, -0.2) is 4.98 Å². The lowest BCUT2D eigenvalue weighted by Crippen LogP contribution is -2.13. The van der Waals surface area contributed by atoms with Crippen LogP contribution in [0.5, 0.6) is 0 Å². The lowest BCUT2D eigenvalue weighted by atomic mass is 10.2. The first-order valence-electron chi connectivity index (χ1n) is 7.68. The Morgan fingerprint density at radius 3 is 2.68 bits per heavy atom. The summed E-state index contributed by atoms with van der Waals surface area (Å²) >= 11 is 0. The summed E-state index contributed by atoms with van der Waals surface area (Å²) in [6.45, 7) is 3.64. The number of para-hydroxylation sites is 1. The molecule has 0 unspecified atom stereocenters. The summed E-state index contributed by atoms with van der Waals surface area (Å²) in [6, 6.07) is 12.9. The number of pyridine rings is 1. The molecule has 0 spiro atoms. The molecule has 4 rings (SSSR count). The highest BCUT2D eigenvalue weighted by Gasteiger charge is 2.17. The van der Waals surface area contributed by atoms with Gasteiger partial charge in [-0.2, -0.15) is 0 Å². The van der Waals surface area contributed by atoms with Gasteiger partial charge in [-0.15, -0.1) is 5.10 Å². The van der Waals surface area contributed by atoms with Gasteiger partial charge in [0.25, 0.3) is 11.8 Å². The van der Waals surface area contributed by atoms with Crippen molar-refractivity contribution in [2.45, 2.75) is 13.8 Å². The number of carbonyl (C=O) groups is 1. The summed E-state index contributed by atoms with van der Waals surface area (Å²) in [5.41, 5.74) is 1.72. The van der Waals surface area contributed by atoms with Gasteiger partial charge in [0.05, 0.1) is 11.1 Å². The second-order valence-electron chi connectivity index (χ2n) is 5.58. The molecular formula is C18H14N4O3. The minimum absolute atomic E-state index is 0.00760. The Morgan fingerprint density at radius 2 is 1.88 bits per heavy atom. The number of anilines is 1. The summed E-state index contributed by atoms with van der Waals surface area (Å²) in [5, 5.41) is 11.3. The molecule has 0 aliphatic rings. The van der Waals surface area contributed by atoms with Crippen molar-refractivity contribution in [2.24, 2.45) is 0 Å². The van der Waals surface area contributed by atoms with Crippen molar-refractivity contribution in [2.75, 3.05) is 5.32 Å². The van der Waals surface area contributed by atoms with E-state index in [-0.39, 0.29) is 17.6 Å². The number of nitrogens with one attached hydrogen (secondary N) is 1. The fourth-order valence-corrected chi connectivity index (χ4v) is 2.58. The SMILES string of the molecule is Cc1cc(-c2nnc(NC(=O)c3ccc4ccccc4n3)o2)c(C)o1. The van der Waals surface area contributed by atoms with Gasteiger partial charge >= 0.3 is 6.01 Å². The Labute approximate surface area is 142 Å². The Kier molecular flexibility index (Phi) is 3.53. The lowest BCUT2D eigenvalue weighted by Gasteiger charge is -2.02. The van der Waals surface area contributed by atoms with Gasteiger partial charge in [0.15, 0.2) is 0 Å². The van der Waals surface area contributed by atoms with E-state index in [4.69, 9.17) is 8.83 Å². The van der Waals surface area contributed by atoms with Crippen LogP contribution in [0.15, 0.2) is 51.3 Å². The second-order valence-corrected chi connectivity index (χ2v) is 5.58. The Hall–Kier alpha value is -3.48. The van der Waals surface area contributed by atoms with E-state index in [1.165, 1.54) is 0 Å². The van der Waals surface area contributed by atoms with E-state index in [0.29, 0.717) is 11.3 Å². The molecule has 1 amide bonds. The molecule has 0 aliphatic carbocycles. The molecule has 3 aromatic heterocycles. The molecule has 124 valence electrons. The zero-order chi connectivity index (χ0) is 17.4. The van der Waals surface area contributed by atoms with E-state index in [2.05, 4.69) is 20.5 Å². The van der Waals surface area contributed by atoms with Crippen LogP contribution in [0.25, 0.3) is 22.4 Å². The number of benzene rings is 1. The zero-order valence-corrected chi connectivity index (χ0v) is 13.6. The van der Waals surface area contributed by atoms with Crippen molar-refractivity contribution in [3.05, 3.63) is 59.7 Å². The molecule has 0 saturated carbocycles. The Morgan fingerprint density at radius 1 is 1.04 bits per heavy atom. The van der Waals surface area contributed by atoms with Gasteiger partial charge in [-0.05, 0) is 32.0 Å². The number of aryl methyl sites for hydroxylation is 2. The summed E-state index contributed by atoms with van der Waals surface area (Å²) in [5.74, 6) is 1.30. The van der Waals surface area contributed by atoms with Gasteiger partial charge in [-0.1, -0.05) is 29.4 Å². The molecule has 7 heteroatoms. The van der Waals surface area contributed by atoms with Crippen LogP contribution < -0.4 is 5.32 Å². The molecule has 0 atom stereocenters. The quantitative estimate of drug-likeness (QED) is 0.613. The topological polar surface area (TPSA) is 94.1 Å². The number of amides is 1. The normalized spacial score (nSPS) is 11.0. The minimum atomic E-state index is -0.416. The molecule has 3 heterocycles. The lowest BCUT2D eigenvalue weighted by molar-refractivity contribution is 0.102. The minimum Gasteiger partial charge on any atom is -0.466 e. The first kappa shape index (κ1) is 15.1. The van der Waals surface area contributed by atoms with Crippen molar-refractivity contribution < 1.29 is 13.6 Å². The smallest absolute Gasteiger partial charge is 0.322 e. The predicted molar refractivity (Wildman–Crippen MR) is 91.2 cm³/mol. The van der Waals surface area contributed by atoms with Crippen molar-refractivity contribution in [1.82, 2.24) is 15.2 Å². The van der Waals surface area contributed by atoms with Crippen molar-refractivity contribution in [1.29, 1.82) is 0 Å². The Bertz CT molecular complexity index is 1080. The third-order valence-electron chi connectivity index (χ3n) is 3.75. The number of aromatic nitrogens is 3. The van der Waals surface area contributed by atoms with E-state index >= 15 is 0 Å². The maximum Gasteiger partial charge on any atom is 0.322 e. The van der Waals surface area contributed by atoms with Crippen molar-refractivity contribution in [3.63, 3.8) is 0 Å². The molecule has 0 aliphatic heterocycles. The van der Waals surface area contributed by atoms with Crippen molar-refractivity contribution in [3.8, 4) is 11.5 Å². The highest BCUT2D eigenvalue weighted by Crippen LogP contribution is 2.26. The second kappa shape index (κ2) is 5.86. The summed E-state index contributed by atoms with van der Waals surface area (Å²) in [7, 11) is 0. The predicted octanol–water partition coefficient (Wildman–Crippen LogP) is 3.75. The molecule has 0 saturated heterocycles. The summed E-state index contributed by atoms with van der Waals surface area (Å²) < 4.78 is 10.9. The molecule has 7 nitrogen and oxygen atoms in total. The van der Waals surface area contributed by atoms with Gasteiger partial charge in [0, 0.05) is 5.39 Å². The number of fused-ring (bicyclic) bond motifs is 1. The number of rotatable bonds is 3. The van der Waals surface area contributed by atoms with Gasteiger partial charge < -0.3 is 8.83 Å². The summed E-state index contributed by atoms with van der Waals surface area (Å²) in [4.78, 5) is 16.7. The molecule has 25 heavy (non-hydrogen) atoms. The summed E-state index contributed by atoms with van der Waals surface area (Å²) in [6.07, 6.45) is 0. The molecule has 4 aromatic rings. The van der Waals surface area contributed by atoms with Crippen LogP contribution in [0.3, 0.4) is 0 Å². The third-order valence-corrected chi connectivity index (χ3v) is 3.75. The molecular weight excluding hydrogens is 320 g/mol. The number of hydrogen-bond donors (Lipinski definition) is 1.